The number of hydrogen-bond acceptors (Lipinski definition) is 3. The van der Waals surface area contributed by atoms with Crippen LogP contribution in [0.5, 0.6) is 0 Å². The first kappa shape index (κ1) is 9.09. The second-order valence-electron chi connectivity index (χ2n) is 3.91. The van der Waals surface area contributed by atoms with Crippen molar-refractivity contribution in [2.24, 2.45) is 0 Å². The van der Waals surface area contributed by atoms with E-state index in [4.69, 9.17) is 5.73 Å². The summed E-state index contributed by atoms with van der Waals surface area (Å²) in [6.07, 6.45) is 3.33. The van der Waals surface area contributed by atoms with Crippen molar-refractivity contribution in [1.82, 2.24) is 9.38 Å². The van der Waals surface area contributed by atoms with Gasteiger partial charge in [-0.2, -0.15) is 11.8 Å². The number of nitrogen functional groups attached to an aromatic ring is 1. The number of nitrogens with zero attached hydrogens (tertiary/aromatic N) is 2. The van der Waals surface area contributed by atoms with Crippen molar-refractivity contribution >= 4 is 23.2 Å². The van der Waals surface area contributed by atoms with Crippen molar-refractivity contribution in [2.75, 3.05) is 17.2 Å². The van der Waals surface area contributed by atoms with Crippen LogP contribution in [0.1, 0.15) is 18.0 Å². The zero-order chi connectivity index (χ0) is 10.3. The highest BCUT2D eigenvalue weighted by atomic mass is 32.2. The topological polar surface area (TPSA) is 43.3 Å². The molecule has 2 N–H and O–H groups in total. The number of fused-ring (bicyclic) bond motifs is 1. The molecule has 1 atom stereocenters. The molecular formula is C11H13N3S. The highest BCUT2D eigenvalue weighted by Crippen LogP contribution is 2.32. The highest BCUT2D eigenvalue weighted by molar-refractivity contribution is 7.99. The van der Waals surface area contributed by atoms with Crippen molar-refractivity contribution in [3.8, 4) is 0 Å². The Kier molecular flexibility index (Phi) is 2.09. The van der Waals surface area contributed by atoms with Gasteiger partial charge in [0.15, 0.2) is 0 Å². The Labute approximate surface area is 92.7 Å². The van der Waals surface area contributed by atoms with Gasteiger partial charge in [-0.1, -0.05) is 6.07 Å². The summed E-state index contributed by atoms with van der Waals surface area (Å²) in [7, 11) is 0. The highest BCUT2D eigenvalue weighted by Gasteiger charge is 2.20. The van der Waals surface area contributed by atoms with E-state index in [9.17, 15) is 0 Å². The lowest BCUT2D eigenvalue weighted by atomic mass is 10.1. The second-order valence-corrected chi connectivity index (χ2v) is 5.05. The molecule has 0 aliphatic carbocycles. The summed E-state index contributed by atoms with van der Waals surface area (Å²) in [6.45, 7) is 0. The van der Waals surface area contributed by atoms with Gasteiger partial charge in [0, 0.05) is 17.9 Å². The van der Waals surface area contributed by atoms with Crippen LogP contribution in [0.3, 0.4) is 0 Å². The Balaban J connectivity index is 2.09. The van der Waals surface area contributed by atoms with Crippen LogP contribution >= 0.6 is 11.8 Å². The number of nitrogens with two attached hydrogens (primary N) is 1. The first-order valence-electron chi connectivity index (χ1n) is 5.16. The van der Waals surface area contributed by atoms with Crippen LogP contribution in [-0.4, -0.2) is 20.9 Å². The molecule has 3 heterocycles. The van der Waals surface area contributed by atoms with Crippen LogP contribution in [0, 0.1) is 0 Å². The number of rotatable bonds is 1. The number of pyridine rings is 1. The Bertz CT molecular complexity index is 486. The average Bonchev–Trinajstić information content (AvgIpc) is 2.86. The lowest BCUT2D eigenvalue weighted by Crippen LogP contribution is -1.96. The van der Waals surface area contributed by atoms with Gasteiger partial charge in [0.25, 0.3) is 0 Å². The summed E-state index contributed by atoms with van der Waals surface area (Å²) in [4.78, 5) is 4.63. The lowest BCUT2D eigenvalue weighted by molar-refractivity contribution is 0.759. The van der Waals surface area contributed by atoms with Crippen LogP contribution in [-0.2, 0) is 0 Å². The first-order chi connectivity index (χ1) is 7.34. The van der Waals surface area contributed by atoms with Gasteiger partial charge in [0.05, 0.1) is 5.69 Å². The molecule has 0 aromatic carbocycles. The zero-order valence-electron chi connectivity index (χ0n) is 8.39. The van der Waals surface area contributed by atoms with Crippen molar-refractivity contribution in [1.29, 1.82) is 0 Å². The number of hydrogen-bond donors (Lipinski definition) is 1. The second kappa shape index (κ2) is 3.45. The minimum atomic E-state index is 0.620. The van der Waals surface area contributed by atoms with E-state index in [0.717, 1.165) is 11.5 Å². The molecule has 1 aliphatic heterocycles. The predicted octanol–water partition coefficient (Wildman–Crippen LogP) is 2.14. The van der Waals surface area contributed by atoms with Gasteiger partial charge in [-0.25, -0.2) is 4.98 Å². The third kappa shape index (κ3) is 1.49. The van der Waals surface area contributed by atoms with E-state index in [1.807, 2.05) is 34.4 Å². The van der Waals surface area contributed by atoms with Gasteiger partial charge in [0.2, 0.25) is 0 Å². The molecule has 2 aromatic heterocycles. The van der Waals surface area contributed by atoms with Crippen molar-refractivity contribution in [3.63, 3.8) is 0 Å². The molecule has 1 saturated heterocycles. The minimum absolute atomic E-state index is 0.620. The van der Waals surface area contributed by atoms with Gasteiger partial charge in [-0.3, -0.25) is 4.40 Å². The molecule has 0 amide bonds. The van der Waals surface area contributed by atoms with E-state index in [1.54, 1.807) is 0 Å². The Morgan fingerprint density at radius 2 is 2.40 bits per heavy atom. The molecule has 1 unspecified atom stereocenters. The average molecular weight is 219 g/mol. The van der Waals surface area contributed by atoms with Crippen molar-refractivity contribution < 1.29 is 0 Å². The summed E-state index contributed by atoms with van der Waals surface area (Å²) >= 11 is 2.01. The maximum atomic E-state index is 5.89. The number of aromatic nitrogens is 2. The Morgan fingerprint density at radius 3 is 3.13 bits per heavy atom. The fraction of sp³-hybridized carbons (Fsp3) is 0.364. The maximum Gasteiger partial charge on any atom is 0.138 e. The maximum absolute atomic E-state index is 5.89. The van der Waals surface area contributed by atoms with E-state index >= 15 is 0 Å². The van der Waals surface area contributed by atoms with Crippen LogP contribution in [0.2, 0.25) is 0 Å². The minimum Gasteiger partial charge on any atom is -0.385 e. The predicted molar refractivity (Wildman–Crippen MR) is 64.3 cm³/mol. The first-order valence-corrected chi connectivity index (χ1v) is 6.31. The molecule has 78 valence electrons. The normalized spacial score (nSPS) is 21.2. The summed E-state index contributed by atoms with van der Waals surface area (Å²) in [5.41, 5.74) is 8.04. The Morgan fingerprint density at radius 1 is 1.47 bits per heavy atom. The third-order valence-corrected chi connectivity index (χ3v) is 4.05. The SMILES string of the molecule is Nc1cccc2nc(C3CCSC3)cn12. The fourth-order valence-corrected chi connectivity index (χ4v) is 3.26. The van der Waals surface area contributed by atoms with E-state index < -0.39 is 0 Å². The van der Waals surface area contributed by atoms with Crippen LogP contribution in [0.4, 0.5) is 5.82 Å². The number of thioether (sulfide) groups is 1. The quantitative estimate of drug-likeness (QED) is 0.799. The third-order valence-electron chi connectivity index (χ3n) is 2.89. The lowest BCUT2D eigenvalue weighted by Gasteiger charge is -2.01. The molecule has 2 aromatic rings. The van der Waals surface area contributed by atoms with Crippen LogP contribution in [0.15, 0.2) is 24.4 Å². The van der Waals surface area contributed by atoms with Gasteiger partial charge in [-0.05, 0) is 24.3 Å². The molecule has 3 nitrogen and oxygen atoms in total. The van der Waals surface area contributed by atoms with Crippen molar-refractivity contribution in [2.45, 2.75) is 12.3 Å². The Hall–Kier alpha value is -1.16. The van der Waals surface area contributed by atoms with E-state index in [1.165, 1.54) is 23.6 Å². The van der Waals surface area contributed by atoms with Crippen molar-refractivity contribution in [3.05, 3.63) is 30.1 Å². The summed E-state index contributed by atoms with van der Waals surface area (Å²) in [6, 6.07) is 5.86. The van der Waals surface area contributed by atoms with E-state index in [-0.39, 0.29) is 0 Å². The summed E-state index contributed by atoms with van der Waals surface area (Å²) in [5, 5.41) is 0. The molecule has 15 heavy (non-hydrogen) atoms. The van der Waals surface area contributed by atoms with Crippen LogP contribution in [0.25, 0.3) is 5.65 Å². The zero-order valence-corrected chi connectivity index (χ0v) is 9.20. The van der Waals surface area contributed by atoms with Crippen LogP contribution < -0.4 is 5.73 Å². The van der Waals surface area contributed by atoms with Gasteiger partial charge in [-0.15, -0.1) is 0 Å². The van der Waals surface area contributed by atoms with Gasteiger partial charge < -0.3 is 5.73 Å². The molecule has 0 saturated carbocycles. The largest absolute Gasteiger partial charge is 0.385 e. The smallest absolute Gasteiger partial charge is 0.138 e. The molecule has 0 bridgehead atoms. The summed E-state index contributed by atoms with van der Waals surface area (Å²) in [5.74, 6) is 3.84. The molecule has 1 fully saturated rings. The number of imidazole rings is 1. The van der Waals surface area contributed by atoms with E-state index in [2.05, 4.69) is 11.2 Å². The van der Waals surface area contributed by atoms with E-state index in [0.29, 0.717) is 5.92 Å². The molecular weight excluding hydrogens is 206 g/mol. The van der Waals surface area contributed by atoms with Gasteiger partial charge in [0.1, 0.15) is 11.5 Å². The molecule has 4 heteroatoms. The number of anilines is 1. The molecule has 1 aliphatic rings. The fourth-order valence-electron chi connectivity index (χ4n) is 2.02. The molecule has 0 radical (unpaired) electrons. The molecule has 3 rings (SSSR count). The van der Waals surface area contributed by atoms with Gasteiger partial charge >= 0.3 is 0 Å². The summed E-state index contributed by atoms with van der Waals surface area (Å²) < 4.78 is 1.97. The monoisotopic (exact) mass is 219 g/mol. The molecule has 0 spiro atoms. The standard InChI is InChI=1S/C11H13N3S/c12-10-2-1-3-11-13-9(6-14(10)11)8-4-5-15-7-8/h1-3,6,8H,4-5,7,12H2.